The van der Waals surface area contributed by atoms with Gasteiger partial charge in [0.1, 0.15) is 5.75 Å². The number of carbonyl (C=O) groups excluding carboxylic acids is 3. The third-order valence-corrected chi connectivity index (χ3v) is 5.64. The van der Waals surface area contributed by atoms with Gasteiger partial charge in [-0.15, -0.1) is 0 Å². The normalized spacial score (nSPS) is 10.8. The molecule has 37 heavy (non-hydrogen) atoms. The number of aryl methyl sites for hydroxylation is 1. The molecule has 0 radical (unpaired) electrons. The van der Waals surface area contributed by atoms with Gasteiger partial charge in [-0.25, -0.2) is 5.43 Å². The number of carbonyl (C=O) groups is 3. The van der Waals surface area contributed by atoms with Crippen LogP contribution in [0.2, 0.25) is 5.02 Å². The molecule has 3 rings (SSSR count). The quantitative estimate of drug-likeness (QED) is 0.218. The molecule has 3 aromatic carbocycles. The number of anilines is 1. The van der Waals surface area contributed by atoms with E-state index in [4.69, 9.17) is 16.3 Å². The molecule has 8 nitrogen and oxygen atoms in total. The van der Waals surface area contributed by atoms with Crippen LogP contribution in [0.1, 0.15) is 42.0 Å². The SMILES string of the molecule is Cc1ccc(Cl)cc1NC(=O)COc1ccc(/C=N\NC(=O)C(=O)NCc2ccc(C(C)C)cc2)cc1. The summed E-state index contributed by atoms with van der Waals surface area (Å²) >= 11 is 5.97. The molecule has 0 aromatic heterocycles. The van der Waals surface area contributed by atoms with Crippen molar-refractivity contribution in [2.45, 2.75) is 33.2 Å². The highest BCUT2D eigenvalue weighted by Gasteiger charge is 2.12. The maximum Gasteiger partial charge on any atom is 0.329 e. The number of halogens is 1. The first-order valence-corrected chi connectivity index (χ1v) is 12.1. The number of ether oxygens (including phenoxy) is 1. The molecule has 0 fully saturated rings. The molecule has 0 heterocycles. The number of nitrogens with one attached hydrogen (secondary N) is 3. The maximum atomic E-state index is 12.2. The van der Waals surface area contributed by atoms with E-state index in [0.29, 0.717) is 27.9 Å². The molecule has 192 valence electrons. The Balaban J connectivity index is 1.40. The molecule has 0 bridgehead atoms. The highest BCUT2D eigenvalue weighted by molar-refractivity contribution is 6.35. The van der Waals surface area contributed by atoms with Crippen LogP contribution >= 0.6 is 11.6 Å². The minimum Gasteiger partial charge on any atom is -0.484 e. The first kappa shape index (κ1) is 27.4. The van der Waals surface area contributed by atoms with E-state index >= 15 is 0 Å². The van der Waals surface area contributed by atoms with Gasteiger partial charge in [0, 0.05) is 17.3 Å². The first-order chi connectivity index (χ1) is 17.7. The Bertz CT molecular complexity index is 1270. The van der Waals surface area contributed by atoms with E-state index in [1.54, 1.807) is 36.4 Å². The van der Waals surface area contributed by atoms with Gasteiger partial charge in [-0.05, 0) is 71.5 Å². The molecular formula is C28H29ClN4O4. The molecule has 3 N–H and O–H groups in total. The molecule has 0 saturated heterocycles. The third-order valence-electron chi connectivity index (χ3n) is 5.41. The summed E-state index contributed by atoms with van der Waals surface area (Å²) in [6, 6.07) is 19.8. The molecule has 0 aliphatic carbocycles. The zero-order valence-corrected chi connectivity index (χ0v) is 21.6. The van der Waals surface area contributed by atoms with E-state index in [1.807, 2.05) is 37.3 Å². The average molecular weight is 521 g/mol. The minimum absolute atomic E-state index is 0.174. The summed E-state index contributed by atoms with van der Waals surface area (Å²) < 4.78 is 5.51. The fourth-order valence-electron chi connectivity index (χ4n) is 3.21. The van der Waals surface area contributed by atoms with Gasteiger partial charge in [-0.1, -0.05) is 55.8 Å². The molecule has 3 amide bonds. The number of hydrogen-bond donors (Lipinski definition) is 3. The van der Waals surface area contributed by atoms with Gasteiger partial charge in [0.25, 0.3) is 5.91 Å². The minimum atomic E-state index is -0.865. The van der Waals surface area contributed by atoms with Crippen LogP contribution in [0.5, 0.6) is 5.75 Å². The predicted octanol–water partition coefficient (Wildman–Crippen LogP) is 4.56. The van der Waals surface area contributed by atoms with E-state index in [1.165, 1.54) is 11.8 Å². The van der Waals surface area contributed by atoms with Crippen LogP contribution in [0, 0.1) is 6.92 Å². The lowest BCUT2D eigenvalue weighted by Gasteiger charge is -2.10. The number of rotatable bonds is 9. The summed E-state index contributed by atoms with van der Waals surface area (Å²) in [4.78, 5) is 36.1. The lowest BCUT2D eigenvalue weighted by Crippen LogP contribution is -2.37. The largest absolute Gasteiger partial charge is 0.484 e. The fourth-order valence-corrected chi connectivity index (χ4v) is 3.39. The van der Waals surface area contributed by atoms with Crippen LogP contribution in [0.3, 0.4) is 0 Å². The van der Waals surface area contributed by atoms with Crippen LogP contribution in [-0.2, 0) is 20.9 Å². The van der Waals surface area contributed by atoms with Crippen LogP contribution in [0.15, 0.2) is 71.8 Å². The summed E-state index contributed by atoms with van der Waals surface area (Å²) in [5, 5.41) is 9.67. The second kappa shape index (κ2) is 13.2. The zero-order chi connectivity index (χ0) is 26.8. The Kier molecular flexibility index (Phi) is 9.80. The third kappa shape index (κ3) is 8.77. The monoisotopic (exact) mass is 520 g/mol. The summed E-state index contributed by atoms with van der Waals surface area (Å²) in [6.45, 7) is 6.15. The van der Waals surface area contributed by atoms with Crippen molar-refractivity contribution < 1.29 is 19.1 Å². The van der Waals surface area contributed by atoms with Crippen molar-refractivity contribution in [3.05, 3.63) is 94.0 Å². The van der Waals surface area contributed by atoms with Gasteiger partial charge >= 0.3 is 11.8 Å². The van der Waals surface area contributed by atoms with Gasteiger partial charge in [0.15, 0.2) is 6.61 Å². The number of benzene rings is 3. The second-order valence-corrected chi connectivity index (χ2v) is 9.08. The van der Waals surface area contributed by atoms with Crippen molar-refractivity contribution in [2.75, 3.05) is 11.9 Å². The van der Waals surface area contributed by atoms with Gasteiger partial charge in [-0.3, -0.25) is 14.4 Å². The second-order valence-electron chi connectivity index (χ2n) is 8.64. The molecule has 3 aromatic rings. The predicted molar refractivity (Wildman–Crippen MR) is 145 cm³/mol. The lowest BCUT2D eigenvalue weighted by molar-refractivity contribution is -0.139. The number of hydrazone groups is 1. The topological polar surface area (TPSA) is 109 Å². The van der Waals surface area contributed by atoms with Crippen LogP contribution in [0.25, 0.3) is 0 Å². The highest BCUT2D eigenvalue weighted by Crippen LogP contribution is 2.20. The van der Waals surface area contributed by atoms with Crippen LogP contribution in [0.4, 0.5) is 5.69 Å². The van der Waals surface area contributed by atoms with E-state index in [-0.39, 0.29) is 19.1 Å². The fraction of sp³-hybridized carbons (Fsp3) is 0.214. The molecule has 0 unspecified atom stereocenters. The van der Waals surface area contributed by atoms with Gasteiger partial charge in [0.2, 0.25) is 0 Å². The standard InChI is InChI=1S/C28H29ClN4O4/c1-18(2)22-9-5-20(6-10-22)15-30-27(35)28(36)33-31-16-21-7-12-24(13-8-21)37-17-26(34)32-25-14-23(29)11-4-19(25)3/h4-14,16,18H,15,17H2,1-3H3,(H,30,35)(H,32,34)(H,33,36)/b31-16-. The molecule has 0 saturated carbocycles. The molecule has 9 heteroatoms. The summed E-state index contributed by atoms with van der Waals surface area (Å²) in [5.41, 5.74) is 6.49. The summed E-state index contributed by atoms with van der Waals surface area (Å²) in [5.74, 6) is -1.05. The lowest BCUT2D eigenvalue weighted by atomic mass is 10.0. The smallest absolute Gasteiger partial charge is 0.329 e. The van der Waals surface area contributed by atoms with Gasteiger partial charge in [0.05, 0.1) is 6.21 Å². The van der Waals surface area contributed by atoms with Crippen molar-refractivity contribution in [1.82, 2.24) is 10.7 Å². The summed E-state index contributed by atoms with van der Waals surface area (Å²) in [7, 11) is 0. The van der Waals surface area contributed by atoms with Gasteiger partial charge < -0.3 is 15.4 Å². The van der Waals surface area contributed by atoms with E-state index in [0.717, 1.165) is 11.1 Å². The Morgan fingerprint density at radius 2 is 1.68 bits per heavy atom. The van der Waals surface area contributed by atoms with Gasteiger partial charge in [-0.2, -0.15) is 5.10 Å². The Labute approximate surface area is 221 Å². The average Bonchev–Trinajstić information content (AvgIpc) is 2.89. The van der Waals surface area contributed by atoms with Crippen molar-refractivity contribution in [3.8, 4) is 5.75 Å². The Morgan fingerprint density at radius 3 is 2.35 bits per heavy atom. The van der Waals surface area contributed by atoms with E-state index in [2.05, 4.69) is 35.0 Å². The number of hydrogen-bond acceptors (Lipinski definition) is 5. The molecule has 0 aliphatic heterocycles. The van der Waals surface area contributed by atoms with Crippen molar-refractivity contribution >= 4 is 41.2 Å². The first-order valence-electron chi connectivity index (χ1n) is 11.7. The molecular weight excluding hydrogens is 492 g/mol. The highest BCUT2D eigenvalue weighted by atomic mass is 35.5. The van der Waals surface area contributed by atoms with Crippen LogP contribution in [-0.4, -0.2) is 30.5 Å². The maximum absolute atomic E-state index is 12.2. The van der Waals surface area contributed by atoms with Crippen LogP contribution < -0.4 is 20.8 Å². The zero-order valence-electron chi connectivity index (χ0n) is 20.9. The number of amides is 3. The Hall–Kier alpha value is -4.17. The summed E-state index contributed by atoms with van der Waals surface area (Å²) in [6.07, 6.45) is 1.40. The molecule has 0 atom stereocenters. The van der Waals surface area contributed by atoms with Crippen molar-refractivity contribution in [2.24, 2.45) is 5.10 Å². The molecule has 0 spiro atoms. The number of nitrogens with zero attached hydrogens (tertiary/aromatic N) is 1. The van der Waals surface area contributed by atoms with Crippen molar-refractivity contribution in [3.63, 3.8) is 0 Å². The van der Waals surface area contributed by atoms with E-state index < -0.39 is 11.8 Å². The van der Waals surface area contributed by atoms with E-state index in [9.17, 15) is 14.4 Å². The molecule has 0 aliphatic rings. The Morgan fingerprint density at radius 1 is 0.973 bits per heavy atom. The van der Waals surface area contributed by atoms with Crippen molar-refractivity contribution in [1.29, 1.82) is 0 Å².